The fourth-order valence-electron chi connectivity index (χ4n) is 2.61. The summed E-state index contributed by atoms with van der Waals surface area (Å²) in [6.45, 7) is 5.11. The van der Waals surface area contributed by atoms with Gasteiger partial charge in [0.1, 0.15) is 0 Å². The molecule has 0 aromatic heterocycles. The molecule has 0 aromatic carbocycles. The third-order valence-electron chi connectivity index (χ3n) is 3.75. The van der Waals surface area contributed by atoms with E-state index in [1.807, 2.05) is 0 Å². The Bertz CT molecular complexity index is 179. The Kier molecular flexibility index (Phi) is 6.32. The van der Waals surface area contributed by atoms with Crippen molar-refractivity contribution >= 4 is 0 Å². The van der Waals surface area contributed by atoms with Gasteiger partial charge >= 0.3 is 0 Å². The van der Waals surface area contributed by atoms with Gasteiger partial charge in [-0.1, -0.05) is 19.8 Å². The van der Waals surface area contributed by atoms with E-state index >= 15 is 0 Å². The third kappa shape index (κ3) is 4.81. The van der Waals surface area contributed by atoms with E-state index < -0.39 is 0 Å². The second-order valence-electron chi connectivity index (χ2n) is 5.48. The minimum Gasteiger partial charge on any atom is -0.383 e. The molecule has 1 aliphatic carbocycles. The molecule has 1 aliphatic rings. The second kappa shape index (κ2) is 7.25. The highest BCUT2D eigenvalue weighted by atomic mass is 16.5. The van der Waals surface area contributed by atoms with Crippen molar-refractivity contribution in [3.05, 3.63) is 0 Å². The van der Waals surface area contributed by atoms with Crippen LogP contribution in [0.15, 0.2) is 0 Å². The summed E-state index contributed by atoms with van der Waals surface area (Å²) in [4.78, 5) is 0. The molecule has 3 nitrogen and oxygen atoms in total. The maximum Gasteiger partial charge on any atom is 0.0615 e. The lowest BCUT2D eigenvalue weighted by atomic mass is 9.88. The van der Waals surface area contributed by atoms with E-state index in [-0.39, 0.29) is 0 Å². The van der Waals surface area contributed by atoms with E-state index in [4.69, 9.17) is 10.5 Å². The highest BCUT2D eigenvalue weighted by Crippen LogP contribution is 2.36. The first-order chi connectivity index (χ1) is 7.70. The molecular weight excluding hydrogens is 200 g/mol. The van der Waals surface area contributed by atoms with E-state index in [2.05, 4.69) is 12.2 Å². The van der Waals surface area contributed by atoms with Crippen LogP contribution in [0.5, 0.6) is 0 Å². The number of hydrogen-bond donors (Lipinski definition) is 2. The Morgan fingerprint density at radius 2 is 2.06 bits per heavy atom. The molecular formula is C13H28N2O. The highest BCUT2D eigenvalue weighted by Gasteiger charge is 2.28. The summed E-state index contributed by atoms with van der Waals surface area (Å²) in [5.74, 6) is 0. The molecule has 0 radical (unpaired) electrons. The van der Waals surface area contributed by atoms with Gasteiger partial charge in [0.2, 0.25) is 0 Å². The van der Waals surface area contributed by atoms with E-state index in [0.29, 0.717) is 11.5 Å². The lowest BCUT2D eigenvalue weighted by Gasteiger charge is -2.27. The van der Waals surface area contributed by atoms with Gasteiger partial charge < -0.3 is 15.8 Å². The summed E-state index contributed by atoms with van der Waals surface area (Å²) < 4.78 is 5.25. The molecule has 1 saturated carbocycles. The molecule has 0 aromatic rings. The Morgan fingerprint density at radius 3 is 2.62 bits per heavy atom. The first-order valence-electron chi connectivity index (χ1n) is 6.62. The number of rotatable bonds is 8. The topological polar surface area (TPSA) is 47.3 Å². The van der Waals surface area contributed by atoms with Gasteiger partial charge in [0, 0.05) is 19.7 Å². The standard InChI is InChI=1S/C13H28N2O/c1-13(7-3-4-8-13)11-15-12(10-16-2)6-5-9-14/h12,15H,3-11,14H2,1-2H3. The Hall–Kier alpha value is -0.120. The van der Waals surface area contributed by atoms with Gasteiger partial charge in [0.05, 0.1) is 6.61 Å². The maximum absolute atomic E-state index is 5.55. The van der Waals surface area contributed by atoms with Gasteiger partial charge in [-0.15, -0.1) is 0 Å². The second-order valence-corrected chi connectivity index (χ2v) is 5.48. The number of nitrogens with one attached hydrogen (secondary N) is 1. The van der Waals surface area contributed by atoms with Crippen molar-refractivity contribution in [2.75, 3.05) is 26.8 Å². The summed E-state index contributed by atoms with van der Waals surface area (Å²) in [6.07, 6.45) is 7.75. The van der Waals surface area contributed by atoms with Crippen LogP contribution in [0.2, 0.25) is 0 Å². The molecule has 96 valence electrons. The summed E-state index contributed by atoms with van der Waals surface area (Å²) in [5.41, 5.74) is 6.07. The van der Waals surface area contributed by atoms with Crippen molar-refractivity contribution < 1.29 is 4.74 Å². The molecule has 0 saturated heterocycles. The molecule has 0 amide bonds. The molecule has 1 unspecified atom stereocenters. The van der Waals surface area contributed by atoms with Gasteiger partial charge in [-0.05, 0) is 37.6 Å². The van der Waals surface area contributed by atoms with E-state index in [1.54, 1.807) is 7.11 Å². The maximum atomic E-state index is 5.55. The Labute approximate surface area is 100 Å². The molecule has 1 atom stereocenters. The van der Waals surface area contributed by atoms with Crippen molar-refractivity contribution in [1.82, 2.24) is 5.32 Å². The largest absolute Gasteiger partial charge is 0.383 e. The van der Waals surface area contributed by atoms with Gasteiger partial charge in [-0.3, -0.25) is 0 Å². The van der Waals surface area contributed by atoms with E-state index in [9.17, 15) is 0 Å². The zero-order chi connectivity index (χ0) is 11.9. The lowest BCUT2D eigenvalue weighted by molar-refractivity contribution is 0.152. The van der Waals surface area contributed by atoms with Gasteiger partial charge in [-0.25, -0.2) is 0 Å². The van der Waals surface area contributed by atoms with Crippen LogP contribution in [0.1, 0.15) is 45.4 Å². The number of ether oxygens (including phenoxy) is 1. The average Bonchev–Trinajstić information content (AvgIpc) is 2.70. The normalized spacial score (nSPS) is 21.2. The van der Waals surface area contributed by atoms with E-state index in [1.165, 1.54) is 25.7 Å². The van der Waals surface area contributed by atoms with Crippen LogP contribution < -0.4 is 11.1 Å². The highest BCUT2D eigenvalue weighted by molar-refractivity contribution is 4.83. The van der Waals surface area contributed by atoms with Gasteiger partial charge in [0.25, 0.3) is 0 Å². The van der Waals surface area contributed by atoms with E-state index in [0.717, 1.165) is 32.5 Å². The monoisotopic (exact) mass is 228 g/mol. The first-order valence-corrected chi connectivity index (χ1v) is 6.62. The molecule has 0 aliphatic heterocycles. The quantitative estimate of drug-likeness (QED) is 0.667. The molecule has 0 bridgehead atoms. The van der Waals surface area contributed by atoms with Crippen LogP contribution >= 0.6 is 0 Å². The van der Waals surface area contributed by atoms with Crippen LogP contribution in [0.4, 0.5) is 0 Å². The van der Waals surface area contributed by atoms with Gasteiger partial charge in [0.15, 0.2) is 0 Å². The minimum atomic E-state index is 0.478. The van der Waals surface area contributed by atoms with Crippen LogP contribution in [-0.4, -0.2) is 32.8 Å². The average molecular weight is 228 g/mol. The predicted molar refractivity (Wildman–Crippen MR) is 68.5 cm³/mol. The molecule has 3 N–H and O–H groups in total. The predicted octanol–water partition coefficient (Wildman–Crippen LogP) is 1.91. The molecule has 0 spiro atoms. The molecule has 0 heterocycles. The van der Waals surface area contributed by atoms with Crippen LogP contribution in [0.25, 0.3) is 0 Å². The molecule has 16 heavy (non-hydrogen) atoms. The Morgan fingerprint density at radius 1 is 1.38 bits per heavy atom. The summed E-state index contributed by atoms with van der Waals surface area (Å²) >= 11 is 0. The van der Waals surface area contributed by atoms with Crippen molar-refractivity contribution in [3.8, 4) is 0 Å². The van der Waals surface area contributed by atoms with Crippen molar-refractivity contribution in [2.24, 2.45) is 11.1 Å². The lowest BCUT2D eigenvalue weighted by Crippen LogP contribution is -2.40. The summed E-state index contributed by atoms with van der Waals surface area (Å²) in [6, 6.07) is 0.478. The molecule has 1 fully saturated rings. The minimum absolute atomic E-state index is 0.478. The summed E-state index contributed by atoms with van der Waals surface area (Å²) in [7, 11) is 1.77. The van der Waals surface area contributed by atoms with Crippen LogP contribution in [0.3, 0.4) is 0 Å². The van der Waals surface area contributed by atoms with Crippen LogP contribution in [-0.2, 0) is 4.74 Å². The number of methoxy groups -OCH3 is 1. The Balaban J connectivity index is 2.24. The van der Waals surface area contributed by atoms with Crippen LogP contribution in [0, 0.1) is 5.41 Å². The molecule has 3 heteroatoms. The first kappa shape index (κ1) is 13.9. The fourth-order valence-corrected chi connectivity index (χ4v) is 2.61. The zero-order valence-electron chi connectivity index (χ0n) is 10.9. The summed E-state index contributed by atoms with van der Waals surface area (Å²) in [5, 5.41) is 3.66. The zero-order valence-corrected chi connectivity index (χ0v) is 10.9. The third-order valence-corrected chi connectivity index (χ3v) is 3.75. The van der Waals surface area contributed by atoms with Crippen molar-refractivity contribution in [3.63, 3.8) is 0 Å². The van der Waals surface area contributed by atoms with Gasteiger partial charge in [-0.2, -0.15) is 0 Å². The molecule has 1 rings (SSSR count). The fraction of sp³-hybridized carbons (Fsp3) is 1.00. The smallest absolute Gasteiger partial charge is 0.0615 e. The van der Waals surface area contributed by atoms with Crippen molar-refractivity contribution in [1.29, 1.82) is 0 Å². The SMILES string of the molecule is COCC(CCCN)NCC1(C)CCCC1. The number of nitrogens with two attached hydrogens (primary N) is 1. The van der Waals surface area contributed by atoms with Crippen molar-refractivity contribution in [2.45, 2.75) is 51.5 Å². The number of hydrogen-bond acceptors (Lipinski definition) is 3.